The van der Waals surface area contributed by atoms with Gasteiger partial charge in [0.15, 0.2) is 0 Å². The largest absolute Gasteiger partial charge is 0.464 e. The van der Waals surface area contributed by atoms with Crippen molar-refractivity contribution in [2.45, 2.75) is 19.4 Å². The summed E-state index contributed by atoms with van der Waals surface area (Å²) < 4.78 is 5.04. The average molecular weight is 298 g/mol. The zero-order chi connectivity index (χ0) is 15.8. The molecule has 5 nitrogen and oxygen atoms in total. The summed E-state index contributed by atoms with van der Waals surface area (Å²) in [4.78, 5) is 28.2. The van der Waals surface area contributed by atoms with Crippen LogP contribution in [0.25, 0.3) is 0 Å². The molecular weight excluding hydrogens is 280 g/mol. The number of ether oxygens (including phenoxy) is 1. The Bertz CT molecular complexity index is 614. The van der Waals surface area contributed by atoms with E-state index >= 15 is 0 Å². The Balaban J connectivity index is 2.11. The number of hydrogen-bond donors (Lipinski definition) is 1. The zero-order valence-corrected chi connectivity index (χ0v) is 12.4. The van der Waals surface area contributed by atoms with Gasteiger partial charge < -0.3 is 10.1 Å². The van der Waals surface area contributed by atoms with Crippen LogP contribution in [-0.4, -0.2) is 29.5 Å². The highest BCUT2D eigenvalue weighted by atomic mass is 16.5. The van der Waals surface area contributed by atoms with Crippen molar-refractivity contribution in [2.24, 2.45) is 0 Å². The van der Waals surface area contributed by atoms with E-state index in [9.17, 15) is 9.59 Å². The van der Waals surface area contributed by atoms with Gasteiger partial charge in [-0.3, -0.25) is 9.78 Å². The van der Waals surface area contributed by atoms with Crippen LogP contribution in [0.3, 0.4) is 0 Å². The standard InChI is InChI=1S/C17H18N2O3/c1-2-22-17(21)15(12-13-8-4-3-5-9-13)19-16(20)14-10-6-7-11-18-14/h3-11,15H,2,12H2,1H3,(H,19,20)/t15-/m1/s1. The zero-order valence-electron chi connectivity index (χ0n) is 12.4. The number of aromatic nitrogens is 1. The van der Waals surface area contributed by atoms with Crippen LogP contribution in [0.1, 0.15) is 23.0 Å². The molecule has 5 heteroatoms. The molecule has 0 bridgehead atoms. The fraction of sp³-hybridized carbons (Fsp3) is 0.235. The van der Waals surface area contributed by atoms with Crippen LogP contribution in [0.4, 0.5) is 0 Å². The summed E-state index contributed by atoms with van der Waals surface area (Å²) in [6.07, 6.45) is 1.91. The normalized spacial score (nSPS) is 11.5. The highest BCUT2D eigenvalue weighted by molar-refractivity contribution is 5.95. The van der Waals surface area contributed by atoms with Gasteiger partial charge >= 0.3 is 5.97 Å². The first-order chi connectivity index (χ1) is 10.7. The molecular formula is C17H18N2O3. The van der Waals surface area contributed by atoms with Crippen LogP contribution < -0.4 is 5.32 Å². The number of carbonyl (C=O) groups is 2. The SMILES string of the molecule is CCOC(=O)[C@@H](Cc1ccccc1)NC(=O)c1ccccn1. The molecule has 22 heavy (non-hydrogen) atoms. The number of hydrogen-bond acceptors (Lipinski definition) is 4. The van der Waals surface area contributed by atoms with Crippen LogP contribution >= 0.6 is 0 Å². The number of pyridine rings is 1. The van der Waals surface area contributed by atoms with Gasteiger partial charge in [0, 0.05) is 12.6 Å². The Morgan fingerprint density at radius 1 is 1.14 bits per heavy atom. The lowest BCUT2D eigenvalue weighted by atomic mass is 10.1. The number of amides is 1. The monoisotopic (exact) mass is 298 g/mol. The predicted octanol–water partition coefficient (Wildman–Crippen LogP) is 1.99. The van der Waals surface area contributed by atoms with Crippen LogP contribution in [0.2, 0.25) is 0 Å². The van der Waals surface area contributed by atoms with E-state index in [1.807, 2.05) is 30.3 Å². The third-order valence-corrected chi connectivity index (χ3v) is 3.06. The minimum absolute atomic E-state index is 0.267. The summed E-state index contributed by atoms with van der Waals surface area (Å²) in [7, 11) is 0. The second kappa shape index (κ2) is 7.93. The molecule has 0 saturated carbocycles. The first-order valence-electron chi connectivity index (χ1n) is 7.13. The topological polar surface area (TPSA) is 68.3 Å². The molecule has 0 spiro atoms. The van der Waals surface area contributed by atoms with Gasteiger partial charge in [-0.25, -0.2) is 4.79 Å². The van der Waals surface area contributed by atoms with Crippen molar-refractivity contribution in [3.8, 4) is 0 Å². The summed E-state index contributed by atoms with van der Waals surface area (Å²) in [5.74, 6) is -0.842. The molecule has 1 amide bonds. The molecule has 2 rings (SSSR count). The molecule has 1 aromatic carbocycles. The number of carbonyl (C=O) groups excluding carboxylic acids is 2. The van der Waals surface area contributed by atoms with Crippen molar-refractivity contribution < 1.29 is 14.3 Å². The van der Waals surface area contributed by atoms with E-state index in [1.54, 1.807) is 25.1 Å². The number of nitrogens with zero attached hydrogens (tertiary/aromatic N) is 1. The quantitative estimate of drug-likeness (QED) is 0.828. The van der Waals surface area contributed by atoms with E-state index in [2.05, 4.69) is 10.3 Å². The molecule has 1 atom stereocenters. The summed E-state index contributed by atoms with van der Waals surface area (Å²) in [6, 6.07) is 13.8. The highest BCUT2D eigenvalue weighted by Crippen LogP contribution is 2.06. The molecule has 0 saturated heterocycles. The second-order valence-corrected chi connectivity index (χ2v) is 4.68. The molecule has 1 N–H and O–H groups in total. The van der Waals surface area contributed by atoms with Gasteiger partial charge in [-0.1, -0.05) is 36.4 Å². The van der Waals surface area contributed by atoms with Gasteiger partial charge in [-0.05, 0) is 24.6 Å². The molecule has 2 aromatic rings. The lowest BCUT2D eigenvalue weighted by Crippen LogP contribution is -2.43. The predicted molar refractivity (Wildman–Crippen MR) is 82.3 cm³/mol. The highest BCUT2D eigenvalue weighted by Gasteiger charge is 2.23. The van der Waals surface area contributed by atoms with E-state index in [4.69, 9.17) is 4.74 Å². The van der Waals surface area contributed by atoms with Crippen LogP contribution in [0.15, 0.2) is 54.7 Å². The molecule has 0 aliphatic carbocycles. The van der Waals surface area contributed by atoms with Crippen molar-refractivity contribution in [3.63, 3.8) is 0 Å². The minimum atomic E-state index is -0.739. The Morgan fingerprint density at radius 2 is 1.86 bits per heavy atom. The maximum absolute atomic E-state index is 12.2. The van der Waals surface area contributed by atoms with Crippen LogP contribution in [0, 0.1) is 0 Å². The number of benzene rings is 1. The summed E-state index contributed by atoms with van der Waals surface area (Å²) >= 11 is 0. The number of nitrogens with one attached hydrogen (secondary N) is 1. The maximum Gasteiger partial charge on any atom is 0.328 e. The lowest BCUT2D eigenvalue weighted by molar-refractivity contribution is -0.145. The Kier molecular flexibility index (Phi) is 5.65. The summed E-state index contributed by atoms with van der Waals surface area (Å²) in [5.41, 5.74) is 1.21. The fourth-order valence-corrected chi connectivity index (χ4v) is 2.02. The Labute approximate surface area is 129 Å². The number of rotatable bonds is 6. The third-order valence-electron chi connectivity index (χ3n) is 3.06. The smallest absolute Gasteiger partial charge is 0.328 e. The number of esters is 1. The second-order valence-electron chi connectivity index (χ2n) is 4.68. The summed E-state index contributed by atoms with van der Waals surface area (Å²) in [5, 5.41) is 2.69. The Morgan fingerprint density at radius 3 is 2.50 bits per heavy atom. The van der Waals surface area contributed by atoms with Gasteiger partial charge in [0.1, 0.15) is 11.7 Å². The van der Waals surface area contributed by atoms with Gasteiger partial charge in [0.05, 0.1) is 6.61 Å². The van der Waals surface area contributed by atoms with E-state index in [0.29, 0.717) is 6.42 Å². The molecule has 114 valence electrons. The van der Waals surface area contributed by atoms with Gasteiger partial charge in [-0.2, -0.15) is 0 Å². The maximum atomic E-state index is 12.2. The molecule has 0 fully saturated rings. The third kappa shape index (κ3) is 4.41. The summed E-state index contributed by atoms with van der Waals surface area (Å²) in [6.45, 7) is 2.00. The van der Waals surface area contributed by atoms with Crippen LogP contribution in [-0.2, 0) is 16.0 Å². The van der Waals surface area contributed by atoms with Crippen molar-refractivity contribution in [2.75, 3.05) is 6.61 Å². The first-order valence-corrected chi connectivity index (χ1v) is 7.13. The van der Waals surface area contributed by atoms with E-state index < -0.39 is 17.9 Å². The minimum Gasteiger partial charge on any atom is -0.464 e. The molecule has 0 aliphatic rings. The van der Waals surface area contributed by atoms with Crippen molar-refractivity contribution >= 4 is 11.9 Å². The van der Waals surface area contributed by atoms with Crippen LogP contribution in [0.5, 0.6) is 0 Å². The van der Waals surface area contributed by atoms with Gasteiger partial charge in [0.2, 0.25) is 0 Å². The molecule has 1 heterocycles. The van der Waals surface area contributed by atoms with Crippen molar-refractivity contribution in [1.82, 2.24) is 10.3 Å². The van der Waals surface area contributed by atoms with Gasteiger partial charge in [-0.15, -0.1) is 0 Å². The molecule has 0 unspecified atom stereocenters. The Hall–Kier alpha value is -2.69. The fourth-order valence-electron chi connectivity index (χ4n) is 2.02. The average Bonchev–Trinajstić information content (AvgIpc) is 2.56. The lowest BCUT2D eigenvalue weighted by Gasteiger charge is -2.17. The molecule has 0 aliphatic heterocycles. The van der Waals surface area contributed by atoms with E-state index in [1.165, 1.54) is 6.20 Å². The van der Waals surface area contributed by atoms with E-state index in [0.717, 1.165) is 5.56 Å². The van der Waals surface area contributed by atoms with Crippen molar-refractivity contribution in [3.05, 3.63) is 66.0 Å². The van der Waals surface area contributed by atoms with E-state index in [-0.39, 0.29) is 12.3 Å². The molecule has 0 radical (unpaired) electrons. The van der Waals surface area contributed by atoms with Crippen molar-refractivity contribution in [1.29, 1.82) is 0 Å². The molecule has 1 aromatic heterocycles. The van der Waals surface area contributed by atoms with Gasteiger partial charge in [0.25, 0.3) is 5.91 Å². The first kappa shape index (κ1) is 15.7.